The monoisotopic (exact) mass is 533 g/mol. The molecule has 0 amide bonds. The standard InChI is InChI=1S/C25H33Cl2N7O2/c1-35-11-8-29-17-2-4-18(5-3-17)33-21-12-19(20(26)13-30-21)23-24(27)31-14-22(34-23)32-16-25(15-28)6-9-36-10-7-25/h12-14,17-18,29H,2-11,16H2,1H3,(H,30,33)(H,32,34). The molecule has 2 aromatic heterocycles. The molecule has 194 valence electrons. The van der Waals surface area contributed by atoms with Crippen molar-refractivity contribution in [3.63, 3.8) is 0 Å². The van der Waals surface area contributed by atoms with E-state index in [2.05, 4.69) is 37.0 Å². The molecular weight excluding hydrogens is 501 g/mol. The van der Waals surface area contributed by atoms with E-state index in [9.17, 15) is 5.26 Å². The number of nitriles is 1. The van der Waals surface area contributed by atoms with Gasteiger partial charge in [-0.2, -0.15) is 5.26 Å². The van der Waals surface area contributed by atoms with Crippen molar-refractivity contribution < 1.29 is 9.47 Å². The molecule has 1 aliphatic carbocycles. The number of anilines is 2. The predicted molar refractivity (Wildman–Crippen MR) is 141 cm³/mol. The molecule has 3 N–H and O–H groups in total. The van der Waals surface area contributed by atoms with E-state index in [4.69, 9.17) is 32.7 Å². The van der Waals surface area contributed by atoms with Crippen LogP contribution in [0.4, 0.5) is 11.6 Å². The molecule has 2 fully saturated rings. The van der Waals surface area contributed by atoms with Gasteiger partial charge in [-0.3, -0.25) is 0 Å². The maximum absolute atomic E-state index is 9.72. The minimum atomic E-state index is -0.483. The summed E-state index contributed by atoms with van der Waals surface area (Å²) in [6.07, 6.45) is 8.85. The molecule has 0 radical (unpaired) electrons. The van der Waals surface area contributed by atoms with Gasteiger partial charge in [-0.15, -0.1) is 0 Å². The van der Waals surface area contributed by atoms with Crippen LogP contribution in [0.25, 0.3) is 11.3 Å². The number of nitrogens with one attached hydrogen (secondary N) is 3. The Bertz CT molecular complexity index is 1050. The maximum Gasteiger partial charge on any atom is 0.155 e. The van der Waals surface area contributed by atoms with Gasteiger partial charge in [-0.1, -0.05) is 23.2 Å². The first-order chi connectivity index (χ1) is 17.5. The van der Waals surface area contributed by atoms with Gasteiger partial charge in [0.2, 0.25) is 0 Å². The number of hydrogen-bond donors (Lipinski definition) is 3. The van der Waals surface area contributed by atoms with Gasteiger partial charge in [0.15, 0.2) is 5.15 Å². The summed E-state index contributed by atoms with van der Waals surface area (Å²) in [5.74, 6) is 1.27. The quantitative estimate of drug-likeness (QED) is 0.378. The SMILES string of the molecule is COCCNC1CCC(Nc2cc(-c3nc(NCC4(C#N)CCOCC4)cnc3Cl)c(Cl)cn2)CC1. The molecule has 9 nitrogen and oxygen atoms in total. The molecule has 1 saturated carbocycles. The predicted octanol–water partition coefficient (Wildman–Crippen LogP) is 4.54. The van der Waals surface area contributed by atoms with E-state index in [1.165, 1.54) is 0 Å². The normalized spacial score (nSPS) is 21.5. The van der Waals surface area contributed by atoms with Gasteiger partial charge >= 0.3 is 0 Å². The van der Waals surface area contributed by atoms with Crippen molar-refractivity contribution in [3.8, 4) is 17.3 Å². The van der Waals surface area contributed by atoms with Gasteiger partial charge < -0.3 is 25.4 Å². The summed E-state index contributed by atoms with van der Waals surface area (Å²) in [4.78, 5) is 13.5. The Labute approximate surface area is 222 Å². The smallest absolute Gasteiger partial charge is 0.155 e. The van der Waals surface area contributed by atoms with Gasteiger partial charge in [0.25, 0.3) is 0 Å². The van der Waals surface area contributed by atoms with Gasteiger partial charge in [0.1, 0.15) is 17.3 Å². The lowest BCUT2D eigenvalue weighted by atomic mass is 9.82. The average molecular weight is 534 g/mol. The third kappa shape index (κ3) is 6.96. The fraction of sp³-hybridized carbons (Fsp3) is 0.600. The van der Waals surface area contributed by atoms with Crippen molar-refractivity contribution in [1.29, 1.82) is 5.26 Å². The first-order valence-corrected chi connectivity index (χ1v) is 13.2. The number of nitrogens with zero attached hydrogens (tertiary/aromatic N) is 4. The van der Waals surface area contributed by atoms with Gasteiger partial charge in [0.05, 0.1) is 29.3 Å². The number of aromatic nitrogens is 3. The lowest BCUT2D eigenvalue weighted by Gasteiger charge is -2.30. The van der Waals surface area contributed by atoms with Crippen LogP contribution < -0.4 is 16.0 Å². The summed E-state index contributed by atoms with van der Waals surface area (Å²) in [6, 6.07) is 5.19. The average Bonchev–Trinajstić information content (AvgIpc) is 2.91. The van der Waals surface area contributed by atoms with E-state index in [1.54, 1.807) is 19.5 Å². The number of methoxy groups -OCH3 is 1. The summed E-state index contributed by atoms with van der Waals surface area (Å²) < 4.78 is 10.5. The summed E-state index contributed by atoms with van der Waals surface area (Å²) in [7, 11) is 1.72. The number of ether oxygens (including phenoxy) is 2. The third-order valence-electron chi connectivity index (χ3n) is 6.95. The zero-order valence-electron chi connectivity index (χ0n) is 20.5. The van der Waals surface area contributed by atoms with Crippen LogP contribution in [0.15, 0.2) is 18.5 Å². The van der Waals surface area contributed by atoms with Crippen molar-refractivity contribution >= 4 is 34.8 Å². The minimum Gasteiger partial charge on any atom is -0.383 e. The number of hydrogen-bond acceptors (Lipinski definition) is 9. The Morgan fingerprint density at radius 3 is 2.58 bits per heavy atom. The molecule has 36 heavy (non-hydrogen) atoms. The van der Waals surface area contributed by atoms with Crippen LogP contribution in [-0.2, 0) is 9.47 Å². The van der Waals surface area contributed by atoms with E-state index >= 15 is 0 Å². The zero-order chi connectivity index (χ0) is 25.4. The Morgan fingerprint density at radius 2 is 1.86 bits per heavy atom. The molecule has 0 bridgehead atoms. The fourth-order valence-electron chi connectivity index (χ4n) is 4.70. The molecule has 11 heteroatoms. The third-order valence-corrected chi connectivity index (χ3v) is 7.53. The summed E-state index contributed by atoms with van der Waals surface area (Å²) in [5, 5.41) is 20.8. The second kappa shape index (κ2) is 12.8. The second-order valence-electron chi connectivity index (χ2n) is 9.44. The Hall–Kier alpha value is -2.22. The molecule has 0 aromatic carbocycles. The van der Waals surface area contributed by atoms with Crippen LogP contribution in [0.3, 0.4) is 0 Å². The Kier molecular flexibility index (Phi) is 9.57. The molecule has 4 rings (SSSR count). The molecule has 1 aliphatic heterocycles. The van der Waals surface area contributed by atoms with Crippen LogP contribution >= 0.6 is 23.2 Å². The zero-order valence-corrected chi connectivity index (χ0v) is 22.0. The van der Waals surface area contributed by atoms with Crippen LogP contribution in [0.5, 0.6) is 0 Å². The van der Waals surface area contributed by atoms with Gasteiger partial charge in [0, 0.05) is 57.3 Å². The van der Waals surface area contributed by atoms with Crippen molar-refractivity contribution in [1.82, 2.24) is 20.3 Å². The van der Waals surface area contributed by atoms with E-state index in [1.807, 2.05) is 6.07 Å². The van der Waals surface area contributed by atoms with E-state index < -0.39 is 5.41 Å². The second-order valence-corrected chi connectivity index (χ2v) is 10.2. The highest BCUT2D eigenvalue weighted by Gasteiger charge is 2.32. The molecular formula is C25H33Cl2N7O2. The highest BCUT2D eigenvalue weighted by Crippen LogP contribution is 2.34. The highest BCUT2D eigenvalue weighted by molar-refractivity contribution is 6.35. The lowest BCUT2D eigenvalue weighted by Crippen LogP contribution is -2.38. The van der Waals surface area contributed by atoms with E-state index in [-0.39, 0.29) is 5.15 Å². The van der Waals surface area contributed by atoms with Crippen LogP contribution in [0.2, 0.25) is 10.2 Å². The molecule has 0 atom stereocenters. The first kappa shape index (κ1) is 26.8. The molecule has 0 unspecified atom stereocenters. The fourth-order valence-corrected chi connectivity index (χ4v) is 5.08. The van der Waals surface area contributed by atoms with E-state index in [0.29, 0.717) is 66.8 Å². The summed E-state index contributed by atoms with van der Waals surface area (Å²) in [6.45, 7) is 3.24. The van der Waals surface area contributed by atoms with Crippen LogP contribution in [-0.4, -0.2) is 67.1 Å². The lowest BCUT2D eigenvalue weighted by molar-refractivity contribution is 0.0455. The first-order valence-electron chi connectivity index (χ1n) is 12.4. The number of halogens is 2. The molecule has 0 spiro atoms. The Morgan fingerprint density at radius 1 is 1.11 bits per heavy atom. The summed E-state index contributed by atoms with van der Waals surface area (Å²) >= 11 is 12.9. The minimum absolute atomic E-state index is 0.253. The molecule has 2 aliphatic rings. The maximum atomic E-state index is 9.72. The molecule has 3 heterocycles. The van der Waals surface area contributed by atoms with Gasteiger partial charge in [-0.25, -0.2) is 15.0 Å². The summed E-state index contributed by atoms with van der Waals surface area (Å²) in [5.41, 5.74) is 0.649. The van der Waals surface area contributed by atoms with Crippen LogP contribution in [0.1, 0.15) is 38.5 Å². The van der Waals surface area contributed by atoms with E-state index in [0.717, 1.165) is 44.7 Å². The van der Waals surface area contributed by atoms with Crippen molar-refractivity contribution in [2.75, 3.05) is 50.7 Å². The number of rotatable bonds is 10. The van der Waals surface area contributed by atoms with Crippen molar-refractivity contribution in [2.45, 2.75) is 50.6 Å². The number of pyridine rings is 1. The largest absolute Gasteiger partial charge is 0.383 e. The van der Waals surface area contributed by atoms with Crippen LogP contribution in [0, 0.1) is 16.7 Å². The topological polar surface area (TPSA) is 117 Å². The molecule has 1 saturated heterocycles. The van der Waals surface area contributed by atoms with Gasteiger partial charge in [-0.05, 0) is 44.6 Å². The highest BCUT2D eigenvalue weighted by atomic mass is 35.5. The van der Waals surface area contributed by atoms with Crippen molar-refractivity contribution in [3.05, 3.63) is 28.6 Å². The van der Waals surface area contributed by atoms with Crippen molar-refractivity contribution in [2.24, 2.45) is 5.41 Å². The Balaban J connectivity index is 1.42. The molecule has 2 aromatic rings.